The number of aliphatic hydroxyl groups is 1. The Balaban J connectivity index is 0.000000215. The number of carbonyl (C=O) groups excluding carboxylic acids is 2. The van der Waals surface area contributed by atoms with E-state index in [1.807, 2.05) is 121 Å². The van der Waals surface area contributed by atoms with Crippen molar-refractivity contribution >= 4 is 23.2 Å². The summed E-state index contributed by atoms with van der Waals surface area (Å²) in [6.07, 6.45) is -0.650. The highest BCUT2D eigenvalue weighted by Crippen LogP contribution is 2.05. The number of hydrogen-bond acceptors (Lipinski definition) is 6. The lowest BCUT2D eigenvalue weighted by atomic mass is 10.2. The van der Waals surface area contributed by atoms with Gasteiger partial charge in [-0.25, -0.2) is 9.59 Å². The molecular formula is C30H29ClO6. The van der Waals surface area contributed by atoms with Crippen LogP contribution < -0.4 is 0 Å². The largest absolute Gasteiger partial charge is 0.508 e. The van der Waals surface area contributed by atoms with Crippen LogP contribution in [0.5, 0.6) is 0 Å². The van der Waals surface area contributed by atoms with E-state index in [0.717, 1.165) is 22.3 Å². The van der Waals surface area contributed by atoms with Crippen molar-refractivity contribution in [3.05, 3.63) is 144 Å². The average molecular weight is 521 g/mol. The molecule has 7 heteroatoms. The van der Waals surface area contributed by atoms with E-state index in [2.05, 4.69) is 4.74 Å². The maximum Gasteiger partial charge on any atom is 0.508 e. The van der Waals surface area contributed by atoms with Gasteiger partial charge in [0.15, 0.2) is 0 Å². The Bertz CT molecular complexity index is 1090. The lowest BCUT2D eigenvalue weighted by Crippen LogP contribution is -2.07. The predicted molar refractivity (Wildman–Crippen MR) is 143 cm³/mol. The third-order valence-electron chi connectivity index (χ3n) is 4.62. The summed E-state index contributed by atoms with van der Waals surface area (Å²) in [6, 6.07) is 37.9. The molecule has 0 aliphatic carbocycles. The first-order chi connectivity index (χ1) is 18.1. The van der Waals surface area contributed by atoms with Crippen molar-refractivity contribution in [3.8, 4) is 0 Å². The standard InChI is InChI=1S/C15H14O3.C8H7ClO2.C7H8O/c16-15(17-11-13-7-3-1-4-8-13)18-12-14-9-5-2-6-10-14;9-8(10)11-6-7-4-2-1-3-5-7;8-6-7-4-2-1-3-5-7/h1-10H,11-12H2;1-5H,6H2;1-5,8H,6H2. The summed E-state index contributed by atoms with van der Waals surface area (Å²) in [6.45, 7) is 0.840. The minimum absolute atomic E-state index is 0.140. The summed E-state index contributed by atoms with van der Waals surface area (Å²) in [4.78, 5) is 21.5. The van der Waals surface area contributed by atoms with Gasteiger partial charge in [-0.3, -0.25) is 0 Å². The van der Waals surface area contributed by atoms with Crippen LogP contribution >= 0.6 is 11.6 Å². The molecule has 4 aromatic carbocycles. The van der Waals surface area contributed by atoms with Crippen molar-refractivity contribution in [1.29, 1.82) is 0 Å². The third kappa shape index (κ3) is 14.1. The molecule has 1 N–H and O–H groups in total. The number of ether oxygens (including phenoxy) is 3. The van der Waals surface area contributed by atoms with Crippen LogP contribution in [0.25, 0.3) is 0 Å². The molecule has 0 heterocycles. The van der Waals surface area contributed by atoms with Crippen LogP contribution in [-0.2, 0) is 40.6 Å². The van der Waals surface area contributed by atoms with E-state index in [1.165, 1.54) is 0 Å². The Hall–Kier alpha value is -4.13. The Morgan fingerprint density at radius 2 is 0.811 bits per heavy atom. The number of carbonyl (C=O) groups is 2. The fraction of sp³-hybridized carbons (Fsp3) is 0.133. The minimum atomic E-state index is -0.770. The zero-order chi connectivity index (χ0) is 26.6. The first-order valence-electron chi connectivity index (χ1n) is 11.4. The van der Waals surface area contributed by atoms with Gasteiger partial charge in [-0.15, -0.1) is 0 Å². The van der Waals surface area contributed by atoms with Crippen LogP contribution in [0.3, 0.4) is 0 Å². The van der Waals surface area contributed by atoms with Crippen LogP contribution in [0.4, 0.5) is 9.59 Å². The number of aliphatic hydroxyl groups excluding tert-OH is 1. The van der Waals surface area contributed by atoms with Crippen LogP contribution in [-0.4, -0.2) is 16.7 Å². The predicted octanol–water partition coefficient (Wildman–Crippen LogP) is 7.28. The molecule has 6 nitrogen and oxygen atoms in total. The summed E-state index contributed by atoms with van der Waals surface area (Å²) >= 11 is 4.97. The van der Waals surface area contributed by atoms with E-state index in [9.17, 15) is 9.59 Å². The summed E-state index contributed by atoms with van der Waals surface area (Å²) < 4.78 is 14.5. The number of halogens is 1. The van der Waals surface area contributed by atoms with Gasteiger partial charge < -0.3 is 19.3 Å². The molecule has 0 unspecified atom stereocenters. The molecular weight excluding hydrogens is 492 g/mol. The molecule has 192 valence electrons. The van der Waals surface area contributed by atoms with Gasteiger partial charge in [-0.2, -0.15) is 0 Å². The molecule has 0 aliphatic rings. The summed E-state index contributed by atoms with van der Waals surface area (Å²) in [5.74, 6) is 0. The van der Waals surface area contributed by atoms with Gasteiger partial charge in [0.2, 0.25) is 0 Å². The monoisotopic (exact) mass is 520 g/mol. The highest BCUT2D eigenvalue weighted by molar-refractivity contribution is 6.61. The molecule has 0 saturated heterocycles. The zero-order valence-electron chi connectivity index (χ0n) is 20.2. The van der Waals surface area contributed by atoms with E-state index < -0.39 is 11.6 Å². The molecule has 0 aromatic heterocycles. The fourth-order valence-electron chi connectivity index (χ4n) is 2.77. The fourth-order valence-corrected chi connectivity index (χ4v) is 2.83. The lowest BCUT2D eigenvalue weighted by Gasteiger charge is -2.06. The van der Waals surface area contributed by atoms with E-state index in [4.69, 9.17) is 26.2 Å². The number of hydrogen-bond donors (Lipinski definition) is 1. The van der Waals surface area contributed by atoms with Crippen molar-refractivity contribution < 1.29 is 28.9 Å². The maximum atomic E-state index is 11.3. The van der Waals surface area contributed by atoms with Gasteiger partial charge in [-0.1, -0.05) is 121 Å². The Labute approximate surface area is 222 Å². The molecule has 0 fully saturated rings. The first-order valence-corrected chi connectivity index (χ1v) is 11.8. The lowest BCUT2D eigenvalue weighted by molar-refractivity contribution is 0.0446. The molecule has 4 aromatic rings. The van der Waals surface area contributed by atoms with Crippen LogP contribution in [0, 0.1) is 0 Å². The van der Waals surface area contributed by atoms with Crippen LogP contribution in [0.1, 0.15) is 22.3 Å². The summed E-state index contributed by atoms with van der Waals surface area (Å²) in [5, 5.41) is 8.54. The van der Waals surface area contributed by atoms with Gasteiger partial charge in [-0.05, 0) is 22.3 Å². The van der Waals surface area contributed by atoms with E-state index in [0.29, 0.717) is 0 Å². The van der Waals surface area contributed by atoms with Gasteiger partial charge in [0.1, 0.15) is 19.8 Å². The zero-order valence-corrected chi connectivity index (χ0v) is 21.0. The normalized spacial score (nSPS) is 9.46. The molecule has 37 heavy (non-hydrogen) atoms. The molecule has 0 radical (unpaired) electrons. The Morgan fingerprint density at radius 1 is 0.514 bits per heavy atom. The highest BCUT2D eigenvalue weighted by atomic mass is 35.5. The summed E-state index contributed by atoms with van der Waals surface area (Å²) in [5.41, 5.74) is 3.01. The number of rotatable bonds is 7. The van der Waals surface area contributed by atoms with E-state index >= 15 is 0 Å². The summed E-state index contributed by atoms with van der Waals surface area (Å²) in [7, 11) is 0. The molecule has 0 saturated carbocycles. The average Bonchev–Trinajstić information content (AvgIpc) is 2.96. The minimum Gasteiger partial charge on any atom is -0.449 e. The topological polar surface area (TPSA) is 82.1 Å². The molecule has 0 amide bonds. The van der Waals surface area contributed by atoms with Gasteiger partial charge in [0, 0.05) is 11.6 Å². The van der Waals surface area contributed by atoms with Crippen molar-refractivity contribution in [2.75, 3.05) is 0 Å². The van der Waals surface area contributed by atoms with Gasteiger partial charge >= 0.3 is 11.6 Å². The Kier molecular flexibility index (Phi) is 14.3. The van der Waals surface area contributed by atoms with Crippen LogP contribution in [0.2, 0.25) is 0 Å². The SMILES string of the molecule is O=C(Cl)OCc1ccccc1.O=C(OCc1ccccc1)OCc1ccccc1.OCc1ccccc1. The second kappa shape index (κ2) is 18.2. The first kappa shape index (κ1) is 29.1. The molecule has 0 atom stereocenters. The molecule has 0 bridgehead atoms. The van der Waals surface area contributed by atoms with E-state index in [1.54, 1.807) is 0 Å². The third-order valence-corrected chi connectivity index (χ3v) is 4.73. The van der Waals surface area contributed by atoms with Crippen molar-refractivity contribution in [2.24, 2.45) is 0 Å². The molecule has 4 rings (SSSR count). The van der Waals surface area contributed by atoms with Gasteiger partial charge in [0.25, 0.3) is 0 Å². The second-order valence-electron chi connectivity index (χ2n) is 7.45. The van der Waals surface area contributed by atoms with Crippen molar-refractivity contribution in [1.82, 2.24) is 0 Å². The Morgan fingerprint density at radius 3 is 1.08 bits per heavy atom. The molecule has 0 spiro atoms. The molecule has 0 aliphatic heterocycles. The highest BCUT2D eigenvalue weighted by Gasteiger charge is 2.04. The second-order valence-corrected chi connectivity index (χ2v) is 7.76. The smallest absolute Gasteiger partial charge is 0.449 e. The van der Waals surface area contributed by atoms with Crippen molar-refractivity contribution in [2.45, 2.75) is 26.4 Å². The van der Waals surface area contributed by atoms with E-state index in [-0.39, 0.29) is 26.4 Å². The van der Waals surface area contributed by atoms with Gasteiger partial charge in [0.05, 0.1) is 6.61 Å². The maximum absolute atomic E-state index is 11.3. The van der Waals surface area contributed by atoms with Crippen LogP contribution in [0.15, 0.2) is 121 Å². The number of benzene rings is 4. The quantitative estimate of drug-likeness (QED) is 0.204. The van der Waals surface area contributed by atoms with Crippen molar-refractivity contribution in [3.63, 3.8) is 0 Å².